The van der Waals surface area contributed by atoms with Gasteiger partial charge in [-0.3, -0.25) is 38.4 Å². The van der Waals surface area contributed by atoms with E-state index in [1.807, 2.05) is 4.90 Å². The molecule has 6 amide bonds. The molecule has 314 valence electrons. The SMILES string of the molecule is CC(=O)N[C@H]1CC[C@H](NC(=O)c2cc3cc(C(C)=O)ccc3[nH]2)C(=O)N2[C@H](CC[C@H]2C(=O)N[C@@H](CCC(N)=O)C(=O)C[C@H](C(=O)N2CCCCC2)C2CCCCC2)C1. The van der Waals surface area contributed by atoms with Crippen LogP contribution < -0.4 is 21.7 Å². The Labute approximate surface area is 339 Å². The molecule has 4 aliphatic rings. The zero-order valence-corrected chi connectivity index (χ0v) is 33.8. The number of fused-ring (bicyclic) bond motifs is 2. The normalized spacial score (nSPS) is 23.9. The lowest BCUT2D eigenvalue weighted by atomic mass is 9.76. The van der Waals surface area contributed by atoms with Crippen molar-refractivity contribution in [1.82, 2.24) is 30.7 Å². The molecule has 1 saturated carbocycles. The van der Waals surface area contributed by atoms with E-state index in [1.165, 1.54) is 18.7 Å². The number of H-pyrrole nitrogens is 1. The van der Waals surface area contributed by atoms with Crippen molar-refractivity contribution in [1.29, 1.82) is 0 Å². The summed E-state index contributed by atoms with van der Waals surface area (Å²) in [5.74, 6) is -3.35. The minimum absolute atomic E-state index is 0.0140. The lowest BCUT2D eigenvalue weighted by Crippen LogP contribution is -2.59. The van der Waals surface area contributed by atoms with Crippen LogP contribution in [0, 0.1) is 11.8 Å². The molecule has 0 spiro atoms. The molecule has 2 aromatic rings. The van der Waals surface area contributed by atoms with Gasteiger partial charge in [0.15, 0.2) is 11.6 Å². The molecule has 1 aromatic heterocycles. The molecule has 4 heterocycles. The number of hydrogen-bond acceptors (Lipinski definition) is 8. The van der Waals surface area contributed by atoms with E-state index in [9.17, 15) is 38.4 Å². The molecule has 15 nitrogen and oxygen atoms in total. The summed E-state index contributed by atoms with van der Waals surface area (Å²) in [6.07, 6.45) is 9.18. The number of nitrogens with zero attached hydrogens (tertiary/aromatic N) is 2. The third-order valence-electron chi connectivity index (χ3n) is 12.7. The van der Waals surface area contributed by atoms with E-state index in [-0.39, 0.29) is 73.1 Å². The monoisotopic (exact) mass is 801 g/mol. The molecule has 58 heavy (non-hydrogen) atoms. The number of Topliss-reactive ketones (excluding diaryl/α,β-unsaturated/α-hetero) is 2. The van der Waals surface area contributed by atoms with Crippen LogP contribution in [0.2, 0.25) is 0 Å². The molecule has 0 unspecified atom stereocenters. The number of primary amides is 1. The third kappa shape index (κ3) is 10.3. The molecule has 6 rings (SSSR count). The number of nitrogens with one attached hydrogen (secondary N) is 4. The largest absolute Gasteiger partial charge is 0.370 e. The fraction of sp³-hybridized carbons (Fsp3) is 0.628. The molecule has 1 aliphatic carbocycles. The smallest absolute Gasteiger partial charge is 0.268 e. The van der Waals surface area contributed by atoms with E-state index >= 15 is 0 Å². The fourth-order valence-corrected chi connectivity index (χ4v) is 9.65. The van der Waals surface area contributed by atoms with E-state index < -0.39 is 53.7 Å². The summed E-state index contributed by atoms with van der Waals surface area (Å²) in [4.78, 5) is 113. The Morgan fingerprint density at radius 3 is 2.28 bits per heavy atom. The van der Waals surface area contributed by atoms with Crippen LogP contribution in [0.3, 0.4) is 0 Å². The first-order valence-corrected chi connectivity index (χ1v) is 21.2. The summed E-state index contributed by atoms with van der Waals surface area (Å²) in [5, 5.41) is 9.37. The van der Waals surface area contributed by atoms with Gasteiger partial charge in [-0.2, -0.15) is 0 Å². The van der Waals surface area contributed by atoms with E-state index in [1.54, 1.807) is 24.3 Å². The molecule has 6 N–H and O–H groups in total. The highest BCUT2D eigenvalue weighted by molar-refractivity contribution is 6.03. The summed E-state index contributed by atoms with van der Waals surface area (Å²) in [6, 6.07) is 2.79. The van der Waals surface area contributed by atoms with Gasteiger partial charge in [-0.1, -0.05) is 19.3 Å². The Bertz CT molecular complexity index is 1900. The molecular weight excluding hydrogens is 743 g/mol. The van der Waals surface area contributed by atoms with Crippen molar-refractivity contribution in [2.24, 2.45) is 17.6 Å². The highest BCUT2D eigenvalue weighted by atomic mass is 16.2. The number of likely N-dealkylation sites (tertiary alicyclic amines) is 1. The predicted octanol–water partition coefficient (Wildman–Crippen LogP) is 3.44. The number of piperidine rings is 1. The Balaban J connectivity index is 1.21. The average molecular weight is 802 g/mol. The van der Waals surface area contributed by atoms with E-state index in [0.717, 1.165) is 51.4 Å². The van der Waals surface area contributed by atoms with Crippen LogP contribution in [0.15, 0.2) is 24.3 Å². The van der Waals surface area contributed by atoms with Crippen LogP contribution in [-0.4, -0.2) is 105 Å². The molecule has 1 aromatic carbocycles. The molecule has 0 radical (unpaired) electrons. The van der Waals surface area contributed by atoms with Crippen molar-refractivity contribution >= 4 is 57.9 Å². The topological polar surface area (TPSA) is 221 Å². The number of ketones is 2. The van der Waals surface area contributed by atoms with Crippen LogP contribution in [0.4, 0.5) is 0 Å². The van der Waals surface area contributed by atoms with Gasteiger partial charge in [0.05, 0.1) is 6.04 Å². The van der Waals surface area contributed by atoms with E-state index in [0.29, 0.717) is 48.8 Å². The van der Waals surface area contributed by atoms with Gasteiger partial charge in [-0.05, 0) is 108 Å². The lowest BCUT2D eigenvalue weighted by molar-refractivity contribution is -0.144. The van der Waals surface area contributed by atoms with Crippen molar-refractivity contribution < 1.29 is 38.4 Å². The lowest BCUT2D eigenvalue weighted by Gasteiger charge is -2.38. The van der Waals surface area contributed by atoms with Crippen molar-refractivity contribution in [3.8, 4) is 0 Å². The minimum atomic E-state index is -1.10. The van der Waals surface area contributed by atoms with Crippen LogP contribution in [0.25, 0.3) is 10.9 Å². The number of rotatable bonds is 14. The second kappa shape index (κ2) is 19.1. The third-order valence-corrected chi connectivity index (χ3v) is 12.7. The number of benzene rings is 1. The maximum Gasteiger partial charge on any atom is 0.268 e. The number of nitrogens with two attached hydrogens (primary N) is 1. The number of aromatic nitrogens is 1. The summed E-state index contributed by atoms with van der Waals surface area (Å²) in [6.45, 7) is 4.21. The Hall–Kier alpha value is -5.08. The molecular formula is C43H59N7O8. The summed E-state index contributed by atoms with van der Waals surface area (Å²) >= 11 is 0. The maximum absolute atomic E-state index is 14.5. The molecule has 6 atom stereocenters. The van der Waals surface area contributed by atoms with Crippen LogP contribution >= 0.6 is 0 Å². The number of amides is 6. The van der Waals surface area contributed by atoms with Gasteiger partial charge in [-0.25, -0.2) is 0 Å². The van der Waals surface area contributed by atoms with Crippen molar-refractivity contribution in [2.45, 2.75) is 147 Å². The predicted molar refractivity (Wildman–Crippen MR) is 215 cm³/mol. The van der Waals surface area contributed by atoms with Gasteiger partial charge < -0.3 is 36.5 Å². The second-order valence-corrected chi connectivity index (χ2v) is 16.9. The van der Waals surface area contributed by atoms with Crippen LogP contribution in [-0.2, 0) is 28.8 Å². The van der Waals surface area contributed by atoms with E-state index in [4.69, 9.17) is 5.73 Å². The Kier molecular flexibility index (Phi) is 14.0. The maximum atomic E-state index is 14.5. The first-order chi connectivity index (χ1) is 27.8. The number of hydrogen-bond donors (Lipinski definition) is 5. The van der Waals surface area contributed by atoms with Gasteiger partial charge >= 0.3 is 0 Å². The number of carbonyl (C=O) groups is 8. The summed E-state index contributed by atoms with van der Waals surface area (Å²) in [7, 11) is 0. The molecule has 3 saturated heterocycles. The number of aromatic amines is 1. The fourth-order valence-electron chi connectivity index (χ4n) is 9.65. The molecule has 4 fully saturated rings. The quantitative estimate of drug-likeness (QED) is 0.178. The molecule has 3 aliphatic heterocycles. The first-order valence-electron chi connectivity index (χ1n) is 21.2. The summed E-state index contributed by atoms with van der Waals surface area (Å²) in [5.41, 5.74) is 6.85. The number of carbonyl (C=O) groups excluding carboxylic acids is 8. The van der Waals surface area contributed by atoms with Gasteiger partial charge in [0, 0.05) is 67.3 Å². The van der Waals surface area contributed by atoms with Crippen molar-refractivity contribution in [3.63, 3.8) is 0 Å². The molecule has 0 bridgehead atoms. The van der Waals surface area contributed by atoms with Gasteiger partial charge in [0.2, 0.25) is 29.5 Å². The average Bonchev–Trinajstić information content (AvgIpc) is 3.83. The summed E-state index contributed by atoms with van der Waals surface area (Å²) < 4.78 is 0. The highest BCUT2D eigenvalue weighted by Crippen LogP contribution is 2.35. The van der Waals surface area contributed by atoms with Gasteiger partial charge in [0.25, 0.3) is 5.91 Å². The van der Waals surface area contributed by atoms with Crippen molar-refractivity contribution in [2.75, 3.05) is 13.1 Å². The van der Waals surface area contributed by atoms with Crippen LogP contribution in [0.5, 0.6) is 0 Å². The molecule has 15 heteroatoms. The second-order valence-electron chi connectivity index (χ2n) is 16.9. The zero-order chi connectivity index (χ0) is 41.5. The van der Waals surface area contributed by atoms with Crippen LogP contribution in [0.1, 0.15) is 137 Å². The zero-order valence-electron chi connectivity index (χ0n) is 33.8. The highest BCUT2D eigenvalue weighted by Gasteiger charge is 2.46. The first kappa shape index (κ1) is 42.5. The van der Waals surface area contributed by atoms with Crippen molar-refractivity contribution in [3.05, 3.63) is 35.5 Å². The Morgan fingerprint density at radius 1 is 0.862 bits per heavy atom. The van der Waals surface area contributed by atoms with E-state index in [2.05, 4.69) is 20.9 Å². The standard InChI is InChI=1S/C43H59N7O8/c1-25(51)28-11-14-33-29(21-28)22-36(46-33)40(55)48-35-15-12-30(45-26(2)52)23-31-13-17-37(50(31)43(35)58)41(56)47-34(16-18-39(44)54)38(53)24-32(27-9-5-3-6-10-27)42(57)49-19-7-4-8-20-49/h11,14,21-22,27,30-32,34-35,37,46H,3-10,12-13,15-20,23-24H2,1-2H3,(H2,44,54)(H,45,52)(H,47,56)(H,48,55)/t30-,31+,32-,34-,35-,37-/m0/s1. The minimum Gasteiger partial charge on any atom is -0.370 e. The van der Waals surface area contributed by atoms with Gasteiger partial charge in [-0.15, -0.1) is 0 Å². The Morgan fingerprint density at radius 2 is 1.59 bits per heavy atom. The van der Waals surface area contributed by atoms with Gasteiger partial charge in [0.1, 0.15) is 17.8 Å².